The van der Waals surface area contributed by atoms with Crippen molar-refractivity contribution in [2.75, 3.05) is 30.3 Å². The number of thioether (sulfide) groups is 1. The summed E-state index contributed by atoms with van der Waals surface area (Å²) < 4.78 is 0. The van der Waals surface area contributed by atoms with Gasteiger partial charge in [-0.05, 0) is 49.1 Å². The fourth-order valence-electron chi connectivity index (χ4n) is 2.99. The highest BCUT2D eigenvalue weighted by molar-refractivity contribution is 7.98. The third-order valence-corrected chi connectivity index (χ3v) is 5.52. The molecule has 138 valence electrons. The van der Waals surface area contributed by atoms with Crippen LogP contribution in [0.25, 0.3) is 0 Å². The standard InChI is InChI=1S/C19H23ClN4OS/c20-17-13-15(6-8-21-17)14-26-12-9-23-19(25)16-5-4-7-22-18(16)24-10-2-1-3-11-24/h4-8,13H,1-3,9-12,14H2,(H,23,25). The van der Waals surface area contributed by atoms with Crippen LogP contribution in [0.1, 0.15) is 35.2 Å². The molecule has 3 heterocycles. The fourth-order valence-corrected chi connectivity index (χ4v) is 3.99. The largest absolute Gasteiger partial charge is 0.356 e. The number of pyridine rings is 2. The monoisotopic (exact) mass is 390 g/mol. The fraction of sp³-hybridized carbons (Fsp3) is 0.421. The first-order chi connectivity index (χ1) is 12.7. The molecule has 0 aliphatic carbocycles. The van der Waals surface area contributed by atoms with Crippen molar-refractivity contribution in [3.8, 4) is 0 Å². The molecule has 0 spiro atoms. The van der Waals surface area contributed by atoms with Crippen molar-refractivity contribution >= 4 is 35.1 Å². The Morgan fingerprint density at radius 1 is 1.19 bits per heavy atom. The zero-order valence-corrected chi connectivity index (χ0v) is 16.2. The van der Waals surface area contributed by atoms with Crippen molar-refractivity contribution in [1.82, 2.24) is 15.3 Å². The molecule has 2 aromatic heterocycles. The molecule has 0 bridgehead atoms. The highest BCUT2D eigenvalue weighted by Crippen LogP contribution is 2.21. The van der Waals surface area contributed by atoms with Crippen molar-refractivity contribution in [3.05, 3.63) is 52.9 Å². The van der Waals surface area contributed by atoms with Crippen LogP contribution < -0.4 is 10.2 Å². The molecule has 26 heavy (non-hydrogen) atoms. The van der Waals surface area contributed by atoms with Gasteiger partial charge in [0, 0.05) is 43.5 Å². The van der Waals surface area contributed by atoms with Crippen LogP contribution in [0.15, 0.2) is 36.7 Å². The lowest BCUT2D eigenvalue weighted by atomic mass is 10.1. The first-order valence-electron chi connectivity index (χ1n) is 8.90. The zero-order valence-electron chi connectivity index (χ0n) is 14.7. The van der Waals surface area contributed by atoms with Gasteiger partial charge in [0.05, 0.1) is 5.56 Å². The number of hydrogen-bond acceptors (Lipinski definition) is 5. The summed E-state index contributed by atoms with van der Waals surface area (Å²) in [6.07, 6.45) is 7.05. The molecule has 0 radical (unpaired) electrons. The smallest absolute Gasteiger partial charge is 0.255 e. The van der Waals surface area contributed by atoms with Crippen LogP contribution in [-0.4, -0.2) is 41.3 Å². The third kappa shape index (κ3) is 5.35. The summed E-state index contributed by atoms with van der Waals surface area (Å²) in [7, 11) is 0. The van der Waals surface area contributed by atoms with Crippen molar-refractivity contribution in [2.24, 2.45) is 0 Å². The maximum absolute atomic E-state index is 12.6. The van der Waals surface area contributed by atoms with E-state index in [2.05, 4.69) is 20.2 Å². The van der Waals surface area contributed by atoms with Gasteiger partial charge >= 0.3 is 0 Å². The molecule has 1 N–H and O–H groups in total. The average Bonchev–Trinajstić information content (AvgIpc) is 2.68. The van der Waals surface area contributed by atoms with Gasteiger partial charge in [0.25, 0.3) is 5.91 Å². The Morgan fingerprint density at radius 2 is 2.04 bits per heavy atom. The molecule has 0 atom stereocenters. The number of anilines is 1. The van der Waals surface area contributed by atoms with E-state index in [0.717, 1.165) is 48.8 Å². The molecule has 1 fully saturated rings. The van der Waals surface area contributed by atoms with Crippen LogP contribution in [0.3, 0.4) is 0 Å². The Hall–Kier alpha value is -1.79. The third-order valence-electron chi connectivity index (χ3n) is 4.28. The summed E-state index contributed by atoms with van der Waals surface area (Å²) in [5.74, 6) is 2.45. The summed E-state index contributed by atoms with van der Waals surface area (Å²) in [5.41, 5.74) is 1.81. The number of amides is 1. The van der Waals surface area contributed by atoms with E-state index in [9.17, 15) is 4.79 Å². The normalized spacial score (nSPS) is 14.3. The molecule has 0 unspecified atom stereocenters. The van der Waals surface area contributed by atoms with E-state index in [-0.39, 0.29) is 5.91 Å². The molecule has 3 rings (SSSR count). The lowest BCUT2D eigenvalue weighted by Gasteiger charge is -2.29. The predicted molar refractivity (Wildman–Crippen MR) is 108 cm³/mol. The quantitative estimate of drug-likeness (QED) is 0.575. The molecule has 1 aliphatic rings. The predicted octanol–water partition coefficient (Wildman–Crippen LogP) is 3.78. The van der Waals surface area contributed by atoms with Gasteiger partial charge in [0.1, 0.15) is 11.0 Å². The number of rotatable bonds is 7. The second kappa shape index (κ2) is 9.78. The van der Waals surface area contributed by atoms with Crippen LogP contribution in [0.5, 0.6) is 0 Å². The van der Waals surface area contributed by atoms with Gasteiger partial charge in [-0.1, -0.05) is 11.6 Å². The van der Waals surface area contributed by atoms with Crippen molar-refractivity contribution in [1.29, 1.82) is 0 Å². The number of piperidine rings is 1. The molecule has 0 aromatic carbocycles. The van der Waals surface area contributed by atoms with Crippen LogP contribution >= 0.6 is 23.4 Å². The highest BCUT2D eigenvalue weighted by atomic mass is 35.5. The summed E-state index contributed by atoms with van der Waals surface area (Å²) >= 11 is 7.64. The summed E-state index contributed by atoms with van der Waals surface area (Å²) in [5, 5.41) is 3.52. The molecule has 1 saturated heterocycles. The number of carbonyl (C=O) groups excluding carboxylic acids is 1. The van der Waals surface area contributed by atoms with E-state index in [1.165, 1.54) is 6.42 Å². The topological polar surface area (TPSA) is 58.1 Å². The molecule has 1 aliphatic heterocycles. The van der Waals surface area contributed by atoms with E-state index >= 15 is 0 Å². The zero-order chi connectivity index (χ0) is 18.2. The first-order valence-corrected chi connectivity index (χ1v) is 10.4. The van der Waals surface area contributed by atoms with E-state index < -0.39 is 0 Å². The highest BCUT2D eigenvalue weighted by Gasteiger charge is 2.19. The second-order valence-electron chi connectivity index (χ2n) is 6.22. The summed E-state index contributed by atoms with van der Waals surface area (Å²) in [4.78, 5) is 23.2. The van der Waals surface area contributed by atoms with Gasteiger partial charge in [0.2, 0.25) is 0 Å². The molecule has 5 nitrogen and oxygen atoms in total. The Morgan fingerprint density at radius 3 is 2.85 bits per heavy atom. The molecule has 0 saturated carbocycles. The van der Waals surface area contributed by atoms with E-state index in [0.29, 0.717) is 17.3 Å². The van der Waals surface area contributed by atoms with Crippen molar-refractivity contribution < 1.29 is 4.79 Å². The van der Waals surface area contributed by atoms with E-state index in [1.54, 1.807) is 24.2 Å². The number of nitrogens with zero attached hydrogens (tertiary/aromatic N) is 3. The van der Waals surface area contributed by atoms with Gasteiger partial charge < -0.3 is 10.2 Å². The van der Waals surface area contributed by atoms with Crippen LogP contribution in [0, 0.1) is 0 Å². The average molecular weight is 391 g/mol. The van der Waals surface area contributed by atoms with Crippen LogP contribution in [-0.2, 0) is 5.75 Å². The first kappa shape index (κ1) is 19.0. The molecule has 1 amide bonds. The summed E-state index contributed by atoms with van der Waals surface area (Å²) in [6, 6.07) is 7.51. The van der Waals surface area contributed by atoms with Crippen molar-refractivity contribution in [2.45, 2.75) is 25.0 Å². The number of nitrogens with one attached hydrogen (secondary N) is 1. The minimum Gasteiger partial charge on any atom is -0.356 e. The summed E-state index contributed by atoms with van der Waals surface area (Å²) in [6.45, 7) is 2.57. The van der Waals surface area contributed by atoms with E-state index in [4.69, 9.17) is 11.6 Å². The lowest BCUT2D eigenvalue weighted by molar-refractivity contribution is 0.0956. The Labute approximate surface area is 163 Å². The number of hydrogen-bond donors (Lipinski definition) is 1. The van der Waals surface area contributed by atoms with Crippen LogP contribution in [0.4, 0.5) is 5.82 Å². The molecule has 7 heteroatoms. The van der Waals surface area contributed by atoms with Gasteiger partial charge in [0.15, 0.2) is 0 Å². The van der Waals surface area contributed by atoms with Gasteiger partial charge in [-0.15, -0.1) is 0 Å². The Bertz CT molecular complexity index is 737. The maximum Gasteiger partial charge on any atom is 0.255 e. The number of carbonyl (C=O) groups is 1. The second-order valence-corrected chi connectivity index (χ2v) is 7.71. The van der Waals surface area contributed by atoms with E-state index in [1.807, 2.05) is 24.3 Å². The number of halogens is 1. The molecular formula is C19H23ClN4OS. The SMILES string of the molecule is O=C(NCCSCc1ccnc(Cl)c1)c1cccnc1N1CCCCC1. The molecule has 2 aromatic rings. The van der Waals surface area contributed by atoms with Crippen LogP contribution in [0.2, 0.25) is 5.15 Å². The minimum absolute atomic E-state index is 0.0498. The lowest BCUT2D eigenvalue weighted by Crippen LogP contribution is -2.34. The molecular weight excluding hydrogens is 368 g/mol. The Kier molecular flexibility index (Phi) is 7.14. The van der Waals surface area contributed by atoms with Gasteiger partial charge in [-0.25, -0.2) is 9.97 Å². The van der Waals surface area contributed by atoms with Gasteiger partial charge in [-0.3, -0.25) is 4.79 Å². The Balaban J connectivity index is 1.47. The maximum atomic E-state index is 12.6. The van der Waals surface area contributed by atoms with Gasteiger partial charge in [-0.2, -0.15) is 11.8 Å². The minimum atomic E-state index is -0.0498. The number of aromatic nitrogens is 2. The van der Waals surface area contributed by atoms with Crippen molar-refractivity contribution in [3.63, 3.8) is 0 Å².